The van der Waals surface area contributed by atoms with Gasteiger partial charge in [0.1, 0.15) is 5.15 Å². The molecule has 0 N–H and O–H groups in total. The fourth-order valence-corrected chi connectivity index (χ4v) is 3.66. The minimum absolute atomic E-state index is 0.565. The number of likely N-dealkylation sites (tertiary alicyclic amines) is 1. The summed E-state index contributed by atoms with van der Waals surface area (Å²) in [5.41, 5.74) is 1.23. The van der Waals surface area contributed by atoms with Crippen LogP contribution in [0.15, 0.2) is 18.3 Å². The Kier molecular flexibility index (Phi) is 5.69. The Labute approximate surface area is 138 Å². The van der Waals surface area contributed by atoms with Crippen molar-refractivity contribution >= 4 is 11.6 Å². The fourth-order valence-electron chi connectivity index (χ4n) is 3.55. The zero-order valence-electron chi connectivity index (χ0n) is 13.4. The maximum Gasteiger partial charge on any atom is 0.129 e. The van der Waals surface area contributed by atoms with Crippen LogP contribution < -0.4 is 0 Å². The van der Waals surface area contributed by atoms with E-state index in [4.69, 9.17) is 16.3 Å². The number of halogens is 1. The first-order valence-corrected chi connectivity index (χ1v) is 8.69. The van der Waals surface area contributed by atoms with E-state index in [1.807, 2.05) is 12.3 Å². The molecular formula is C17H26ClN3O. The molecule has 2 saturated heterocycles. The van der Waals surface area contributed by atoms with Gasteiger partial charge in [-0.3, -0.25) is 4.90 Å². The molecule has 1 aromatic rings. The van der Waals surface area contributed by atoms with Gasteiger partial charge in [-0.05, 0) is 56.9 Å². The van der Waals surface area contributed by atoms with E-state index in [0.29, 0.717) is 11.2 Å². The van der Waals surface area contributed by atoms with Crippen LogP contribution in [-0.2, 0) is 11.3 Å². The van der Waals surface area contributed by atoms with Crippen LogP contribution in [0, 0.1) is 5.92 Å². The zero-order chi connectivity index (χ0) is 15.4. The molecule has 5 heteroatoms. The van der Waals surface area contributed by atoms with Crippen molar-refractivity contribution in [1.29, 1.82) is 0 Å². The molecule has 0 aromatic carbocycles. The van der Waals surface area contributed by atoms with E-state index >= 15 is 0 Å². The molecule has 0 amide bonds. The first-order chi connectivity index (χ1) is 10.7. The van der Waals surface area contributed by atoms with E-state index in [0.717, 1.165) is 25.7 Å². The van der Waals surface area contributed by atoms with Gasteiger partial charge in [0.2, 0.25) is 0 Å². The number of hydrogen-bond donors (Lipinski definition) is 0. The van der Waals surface area contributed by atoms with E-state index in [2.05, 4.69) is 27.9 Å². The molecule has 2 aliphatic rings. The summed E-state index contributed by atoms with van der Waals surface area (Å²) in [6, 6.07) is 4.62. The predicted octanol–water partition coefficient (Wildman–Crippen LogP) is 2.67. The Balaban J connectivity index is 1.43. The summed E-state index contributed by atoms with van der Waals surface area (Å²) in [5.74, 6) is 0.759. The van der Waals surface area contributed by atoms with Crippen molar-refractivity contribution in [1.82, 2.24) is 14.8 Å². The number of nitrogens with zero attached hydrogens (tertiary/aromatic N) is 3. The van der Waals surface area contributed by atoms with E-state index in [1.165, 1.54) is 44.5 Å². The summed E-state index contributed by atoms with van der Waals surface area (Å²) in [4.78, 5) is 9.24. The van der Waals surface area contributed by atoms with Gasteiger partial charge in [-0.2, -0.15) is 0 Å². The maximum absolute atomic E-state index is 5.84. The molecule has 3 heterocycles. The number of ether oxygens (including phenoxy) is 1. The number of pyridine rings is 1. The standard InChI is InChI=1S/C17H26ClN3O/c1-20(11-14-2-3-17(18)19-10-14)16-4-7-21(8-5-16)12-15-6-9-22-13-15/h2-3,10,15-16H,4-9,11-13H2,1H3/t15-/m0/s1. The smallest absolute Gasteiger partial charge is 0.129 e. The van der Waals surface area contributed by atoms with Gasteiger partial charge in [-0.15, -0.1) is 0 Å². The largest absolute Gasteiger partial charge is 0.381 e. The fraction of sp³-hybridized carbons (Fsp3) is 0.706. The molecule has 122 valence electrons. The van der Waals surface area contributed by atoms with Crippen LogP contribution >= 0.6 is 11.6 Å². The van der Waals surface area contributed by atoms with Gasteiger partial charge in [0.05, 0.1) is 6.61 Å². The zero-order valence-corrected chi connectivity index (χ0v) is 14.1. The van der Waals surface area contributed by atoms with Crippen molar-refractivity contribution in [2.45, 2.75) is 31.8 Å². The highest BCUT2D eigenvalue weighted by molar-refractivity contribution is 6.29. The third-order valence-corrected chi connectivity index (χ3v) is 5.17. The van der Waals surface area contributed by atoms with Crippen LogP contribution in [0.4, 0.5) is 0 Å². The molecule has 0 unspecified atom stereocenters. The summed E-state index contributed by atoms with van der Waals surface area (Å²) in [6.07, 6.45) is 5.63. The molecular weight excluding hydrogens is 298 g/mol. The van der Waals surface area contributed by atoms with E-state index in [-0.39, 0.29) is 0 Å². The van der Waals surface area contributed by atoms with Crippen molar-refractivity contribution in [2.75, 3.05) is 39.9 Å². The average Bonchev–Trinajstić information content (AvgIpc) is 3.03. The van der Waals surface area contributed by atoms with Crippen LogP contribution in [0.25, 0.3) is 0 Å². The second kappa shape index (κ2) is 7.73. The maximum atomic E-state index is 5.84. The lowest BCUT2D eigenvalue weighted by Crippen LogP contribution is -2.44. The second-order valence-corrected chi connectivity index (χ2v) is 7.05. The quantitative estimate of drug-likeness (QED) is 0.779. The first kappa shape index (κ1) is 16.2. The van der Waals surface area contributed by atoms with Crippen LogP contribution in [0.5, 0.6) is 0 Å². The van der Waals surface area contributed by atoms with Gasteiger partial charge in [-0.1, -0.05) is 17.7 Å². The lowest BCUT2D eigenvalue weighted by atomic mass is 10.0. The molecule has 1 atom stereocenters. The third-order valence-electron chi connectivity index (χ3n) is 4.94. The van der Waals surface area contributed by atoms with Gasteiger partial charge < -0.3 is 9.64 Å². The summed E-state index contributed by atoms with van der Waals surface area (Å²) in [5, 5.41) is 0.565. The highest BCUT2D eigenvalue weighted by atomic mass is 35.5. The Bertz CT molecular complexity index is 453. The van der Waals surface area contributed by atoms with Crippen molar-refractivity contribution < 1.29 is 4.74 Å². The molecule has 22 heavy (non-hydrogen) atoms. The lowest BCUT2D eigenvalue weighted by molar-refractivity contribution is 0.106. The molecule has 0 bridgehead atoms. The number of piperidine rings is 1. The molecule has 1 aromatic heterocycles. The van der Waals surface area contributed by atoms with Crippen molar-refractivity contribution in [3.63, 3.8) is 0 Å². The Hall–Kier alpha value is -0.680. The van der Waals surface area contributed by atoms with Gasteiger partial charge >= 0.3 is 0 Å². The SMILES string of the molecule is CN(Cc1ccc(Cl)nc1)C1CCN(C[C@@H]2CCOC2)CC1. The predicted molar refractivity (Wildman–Crippen MR) is 89.1 cm³/mol. The van der Waals surface area contributed by atoms with Crippen molar-refractivity contribution in [3.8, 4) is 0 Å². The minimum atomic E-state index is 0.565. The number of rotatable bonds is 5. The summed E-state index contributed by atoms with van der Waals surface area (Å²) in [7, 11) is 2.22. The molecule has 3 rings (SSSR count). The van der Waals surface area contributed by atoms with Crippen LogP contribution in [-0.4, -0.2) is 60.7 Å². The molecule has 0 aliphatic carbocycles. The molecule has 0 spiro atoms. The van der Waals surface area contributed by atoms with Gasteiger partial charge in [-0.25, -0.2) is 4.98 Å². The molecule has 0 saturated carbocycles. The highest BCUT2D eigenvalue weighted by Crippen LogP contribution is 2.21. The molecule has 0 radical (unpaired) electrons. The highest BCUT2D eigenvalue weighted by Gasteiger charge is 2.25. The lowest BCUT2D eigenvalue weighted by Gasteiger charge is -2.37. The van der Waals surface area contributed by atoms with Gasteiger partial charge in [0.15, 0.2) is 0 Å². The summed E-state index contributed by atoms with van der Waals surface area (Å²) in [6.45, 7) is 6.51. The third kappa shape index (κ3) is 4.42. The normalized spacial score (nSPS) is 24.2. The van der Waals surface area contributed by atoms with Crippen LogP contribution in [0.3, 0.4) is 0 Å². The minimum Gasteiger partial charge on any atom is -0.381 e. The molecule has 2 fully saturated rings. The van der Waals surface area contributed by atoms with Crippen LogP contribution in [0.2, 0.25) is 5.15 Å². The Morgan fingerprint density at radius 2 is 2.14 bits per heavy atom. The molecule has 4 nitrogen and oxygen atoms in total. The topological polar surface area (TPSA) is 28.6 Å². The van der Waals surface area contributed by atoms with E-state index < -0.39 is 0 Å². The van der Waals surface area contributed by atoms with E-state index in [9.17, 15) is 0 Å². The Morgan fingerprint density at radius 1 is 1.32 bits per heavy atom. The first-order valence-electron chi connectivity index (χ1n) is 8.31. The average molecular weight is 324 g/mol. The monoisotopic (exact) mass is 323 g/mol. The van der Waals surface area contributed by atoms with Crippen LogP contribution in [0.1, 0.15) is 24.8 Å². The van der Waals surface area contributed by atoms with Crippen molar-refractivity contribution in [2.24, 2.45) is 5.92 Å². The van der Waals surface area contributed by atoms with Gasteiger partial charge in [0.25, 0.3) is 0 Å². The van der Waals surface area contributed by atoms with E-state index in [1.54, 1.807) is 0 Å². The number of hydrogen-bond acceptors (Lipinski definition) is 4. The summed E-state index contributed by atoms with van der Waals surface area (Å²) < 4.78 is 5.48. The number of aromatic nitrogens is 1. The molecule has 2 aliphatic heterocycles. The van der Waals surface area contributed by atoms with Gasteiger partial charge in [0, 0.05) is 31.9 Å². The summed E-state index contributed by atoms with van der Waals surface area (Å²) >= 11 is 5.84. The van der Waals surface area contributed by atoms with Crippen molar-refractivity contribution in [3.05, 3.63) is 29.0 Å². The second-order valence-electron chi connectivity index (χ2n) is 6.67. The Morgan fingerprint density at radius 3 is 2.77 bits per heavy atom.